The molecule has 0 spiro atoms. The van der Waals surface area contributed by atoms with Crippen LogP contribution in [0.25, 0.3) is 0 Å². The van der Waals surface area contributed by atoms with Gasteiger partial charge in [0.1, 0.15) is 4.88 Å². The van der Waals surface area contributed by atoms with Gasteiger partial charge >= 0.3 is 0 Å². The molecule has 0 saturated carbocycles. The lowest BCUT2D eigenvalue weighted by molar-refractivity contribution is 0.0994. The van der Waals surface area contributed by atoms with Crippen LogP contribution in [0.5, 0.6) is 11.5 Å². The van der Waals surface area contributed by atoms with Crippen molar-refractivity contribution in [3.63, 3.8) is 0 Å². The highest BCUT2D eigenvalue weighted by Crippen LogP contribution is 2.42. The van der Waals surface area contributed by atoms with Crippen molar-refractivity contribution in [2.24, 2.45) is 5.73 Å². The van der Waals surface area contributed by atoms with Crippen molar-refractivity contribution in [1.82, 2.24) is 0 Å². The van der Waals surface area contributed by atoms with E-state index in [4.69, 9.17) is 15.2 Å². The van der Waals surface area contributed by atoms with Gasteiger partial charge < -0.3 is 15.2 Å². The van der Waals surface area contributed by atoms with Crippen LogP contribution in [0.2, 0.25) is 0 Å². The summed E-state index contributed by atoms with van der Waals surface area (Å²) in [5, 5.41) is 0. The zero-order valence-electron chi connectivity index (χ0n) is 11.5. The number of ether oxygens (including phenoxy) is 2. The minimum atomic E-state index is 0.0102. The Morgan fingerprint density at radius 3 is 2.35 bits per heavy atom. The van der Waals surface area contributed by atoms with Crippen LogP contribution < -0.4 is 15.2 Å². The number of Topliss-reactive ketones (excluding diaryl/α,β-unsaturated/α-hetero) is 1. The molecule has 2 rings (SSSR count). The molecule has 0 atom stereocenters. The van der Waals surface area contributed by atoms with Crippen molar-refractivity contribution in [3.05, 3.63) is 45.6 Å². The summed E-state index contributed by atoms with van der Waals surface area (Å²) in [5.41, 5.74) is 6.65. The topological polar surface area (TPSA) is 61.5 Å². The van der Waals surface area contributed by atoms with E-state index in [-0.39, 0.29) is 5.78 Å². The smallest absolute Gasteiger partial charge is 0.182 e. The molecule has 20 heavy (non-hydrogen) atoms. The summed E-state index contributed by atoms with van der Waals surface area (Å²) in [4.78, 5) is 13.8. The predicted octanol–water partition coefficient (Wildman–Crippen LogP) is 2.65. The van der Waals surface area contributed by atoms with Gasteiger partial charge in [0.25, 0.3) is 0 Å². The quantitative estimate of drug-likeness (QED) is 0.831. The molecule has 0 bridgehead atoms. The van der Waals surface area contributed by atoms with Gasteiger partial charge in [0.2, 0.25) is 0 Å². The standard InChI is InChI=1S/C15H17NO3S/c1-18-13-12(9-16)20-15(14(13)19-2)11(17)8-10-6-4-3-5-7-10/h3-7H,8-9,16H2,1-2H3. The summed E-state index contributed by atoms with van der Waals surface area (Å²) in [6, 6.07) is 9.62. The molecule has 1 aromatic heterocycles. The van der Waals surface area contributed by atoms with Crippen molar-refractivity contribution in [2.75, 3.05) is 14.2 Å². The Hall–Kier alpha value is -1.85. The van der Waals surface area contributed by atoms with Crippen LogP contribution in [0.3, 0.4) is 0 Å². The summed E-state index contributed by atoms with van der Waals surface area (Å²) in [5.74, 6) is 1.06. The molecule has 0 aliphatic rings. The molecule has 0 unspecified atom stereocenters. The number of methoxy groups -OCH3 is 2. The molecule has 0 fully saturated rings. The van der Waals surface area contributed by atoms with E-state index < -0.39 is 0 Å². The predicted molar refractivity (Wildman–Crippen MR) is 79.8 cm³/mol. The van der Waals surface area contributed by atoms with Crippen LogP contribution in [0.15, 0.2) is 30.3 Å². The van der Waals surface area contributed by atoms with Crippen LogP contribution in [0, 0.1) is 0 Å². The summed E-state index contributed by atoms with van der Waals surface area (Å²) in [6.07, 6.45) is 0.338. The lowest BCUT2D eigenvalue weighted by atomic mass is 10.1. The van der Waals surface area contributed by atoms with Crippen molar-refractivity contribution < 1.29 is 14.3 Å². The van der Waals surface area contributed by atoms with Crippen LogP contribution in [-0.2, 0) is 13.0 Å². The van der Waals surface area contributed by atoms with Crippen molar-refractivity contribution >= 4 is 17.1 Å². The number of thiophene rings is 1. The average molecular weight is 291 g/mol. The Morgan fingerprint density at radius 2 is 1.80 bits per heavy atom. The first-order valence-corrected chi connectivity index (χ1v) is 7.03. The van der Waals surface area contributed by atoms with Crippen molar-refractivity contribution in [3.8, 4) is 11.5 Å². The summed E-state index contributed by atoms with van der Waals surface area (Å²) in [6.45, 7) is 0.322. The zero-order valence-corrected chi connectivity index (χ0v) is 12.3. The van der Waals surface area contributed by atoms with E-state index in [1.165, 1.54) is 18.4 Å². The highest BCUT2D eigenvalue weighted by molar-refractivity contribution is 7.14. The van der Waals surface area contributed by atoms with Crippen LogP contribution >= 0.6 is 11.3 Å². The molecule has 0 aliphatic carbocycles. The van der Waals surface area contributed by atoms with E-state index in [0.717, 1.165) is 10.4 Å². The first-order chi connectivity index (χ1) is 9.71. The van der Waals surface area contributed by atoms with Gasteiger partial charge in [-0.25, -0.2) is 0 Å². The third-order valence-corrected chi connectivity index (χ3v) is 4.16. The fourth-order valence-corrected chi connectivity index (χ4v) is 3.07. The van der Waals surface area contributed by atoms with Gasteiger partial charge in [-0.1, -0.05) is 30.3 Å². The van der Waals surface area contributed by atoms with Gasteiger partial charge in [-0.2, -0.15) is 0 Å². The van der Waals surface area contributed by atoms with Crippen molar-refractivity contribution in [1.29, 1.82) is 0 Å². The van der Waals surface area contributed by atoms with E-state index in [0.29, 0.717) is 29.3 Å². The highest BCUT2D eigenvalue weighted by atomic mass is 32.1. The minimum Gasteiger partial charge on any atom is -0.492 e. The van der Waals surface area contributed by atoms with Gasteiger partial charge in [0.05, 0.1) is 19.1 Å². The van der Waals surface area contributed by atoms with Gasteiger partial charge in [0, 0.05) is 13.0 Å². The molecule has 2 aromatic rings. The van der Waals surface area contributed by atoms with Gasteiger partial charge in [-0.15, -0.1) is 11.3 Å². The first-order valence-electron chi connectivity index (χ1n) is 6.22. The number of ketones is 1. The van der Waals surface area contributed by atoms with E-state index >= 15 is 0 Å². The molecule has 0 aliphatic heterocycles. The van der Waals surface area contributed by atoms with Crippen LogP contribution in [-0.4, -0.2) is 20.0 Å². The van der Waals surface area contributed by atoms with E-state index in [2.05, 4.69) is 0 Å². The van der Waals surface area contributed by atoms with Gasteiger partial charge in [0.15, 0.2) is 17.3 Å². The third kappa shape index (κ3) is 2.84. The summed E-state index contributed by atoms with van der Waals surface area (Å²) >= 11 is 1.34. The molecule has 4 nitrogen and oxygen atoms in total. The zero-order chi connectivity index (χ0) is 14.5. The second-order valence-corrected chi connectivity index (χ2v) is 5.32. The Morgan fingerprint density at radius 1 is 1.15 bits per heavy atom. The number of rotatable bonds is 6. The van der Waals surface area contributed by atoms with Gasteiger partial charge in [-0.3, -0.25) is 4.79 Å². The molecular weight excluding hydrogens is 274 g/mol. The number of carbonyl (C=O) groups is 1. The molecule has 0 saturated heterocycles. The Balaban J connectivity index is 2.32. The maximum Gasteiger partial charge on any atom is 0.182 e. The molecule has 0 radical (unpaired) electrons. The highest BCUT2D eigenvalue weighted by Gasteiger charge is 2.23. The van der Waals surface area contributed by atoms with E-state index in [1.54, 1.807) is 7.11 Å². The minimum absolute atomic E-state index is 0.0102. The number of benzene rings is 1. The fourth-order valence-electron chi connectivity index (χ4n) is 2.02. The van der Waals surface area contributed by atoms with Gasteiger partial charge in [-0.05, 0) is 5.56 Å². The van der Waals surface area contributed by atoms with Crippen LogP contribution in [0.4, 0.5) is 0 Å². The number of carbonyl (C=O) groups excluding carboxylic acids is 1. The van der Waals surface area contributed by atoms with E-state index in [1.807, 2.05) is 30.3 Å². The molecule has 5 heteroatoms. The lowest BCUT2D eigenvalue weighted by Gasteiger charge is -2.05. The summed E-state index contributed by atoms with van der Waals surface area (Å²) < 4.78 is 10.6. The molecule has 1 heterocycles. The second kappa shape index (κ2) is 6.54. The van der Waals surface area contributed by atoms with Crippen molar-refractivity contribution in [2.45, 2.75) is 13.0 Å². The Kier molecular flexibility index (Phi) is 4.76. The molecule has 0 amide bonds. The molecule has 106 valence electrons. The Labute approximate surface area is 122 Å². The SMILES string of the molecule is COc1c(CN)sc(C(=O)Cc2ccccc2)c1OC. The number of hydrogen-bond acceptors (Lipinski definition) is 5. The molecule has 1 aromatic carbocycles. The summed E-state index contributed by atoms with van der Waals surface area (Å²) in [7, 11) is 3.08. The monoisotopic (exact) mass is 291 g/mol. The molecular formula is C15H17NO3S. The average Bonchev–Trinajstić information content (AvgIpc) is 2.85. The first kappa shape index (κ1) is 14.6. The lowest BCUT2D eigenvalue weighted by Crippen LogP contribution is -2.03. The molecule has 2 N–H and O–H groups in total. The Bertz CT molecular complexity index is 593. The largest absolute Gasteiger partial charge is 0.492 e. The van der Waals surface area contributed by atoms with Crippen LogP contribution in [0.1, 0.15) is 20.1 Å². The normalized spacial score (nSPS) is 10.3. The number of nitrogens with two attached hydrogens (primary N) is 1. The fraction of sp³-hybridized carbons (Fsp3) is 0.267. The van der Waals surface area contributed by atoms with E-state index in [9.17, 15) is 4.79 Å². The maximum atomic E-state index is 12.4. The third-order valence-electron chi connectivity index (χ3n) is 2.95. The number of hydrogen-bond donors (Lipinski definition) is 1. The maximum absolute atomic E-state index is 12.4. The second-order valence-electron chi connectivity index (χ2n) is 4.21.